The molecular formula is C11H12ClN3S. The average Bonchev–Trinajstić information content (AvgIpc) is 2.67. The highest BCUT2D eigenvalue weighted by Crippen LogP contribution is 2.14. The molecule has 0 amide bonds. The molecule has 0 fully saturated rings. The summed E-state index contributed by atoms with van der Waals surface area (Å²) in [5.74, 6) is 0. The normalized spacial score (nSPS) is 10.6. The molecule has 5 heteroatoms. The highest BCUT2D eigenvalue weighted by molar-refractivity contribution is 7.11. The third-order valence-electron chi connectivity index (χ3n) is 2.12. The van der Waals surface area contributed by atoms with Crippen molar-refractivity contribution in [1.29, 1.82) is 0 Å². The van der Waals surface area contributed by atoms with Crippen molar-refractivity contribution in [3.8, 4) is 0 Å². The lowest BCUT2D eigenvalue weighted by atomic mass is 10.2. The first-order valence-electron chi connectivity index (χ1n) is 4.99. The maximum Gasteiger partial charge on any atom is 0.131 e. The summed E-state index contributed by atoms with van der Waals surface area (Å²) in [5, 5.41) is 14.1. The van der Waals surface area contributed by atoms with Crippen LogP contribution >= 0.6 is 22.9 Å². The molecule has 2 aromatic rings. The molecule has 0 bridgehead atoms. The number of benzene rings is 1. The Kier molecular flexibility index (Phi) is 3.88. The topological polar surface area (TPSA) is 37.8 Å². The highest BCUT2D eigenvalue weighted by Gasteiger charge is 2.01. The SMILES string of the molecule is Cc1nnc(CNCc2ccccc2Cl)s1. The number of hydrogen-bond acceptors (Lipinski definition) is 4. The molecule has 1 N–H and O–H groups in total. The molecule has 1 heterocycles. The molecular weight excluding hydrogens is 242 g/mol. The first-order chi connectivity index (χ1) is 7.75. The summed E-state index contributed by atoms with van der Waals surface area (Å²) in [7, 11) is 0. The second kappa shape index (κ2) is 5.39. The molecule has 3 nitrogen and oxygen atoms in total. The molecule has 0 saturated carbocycles. The number of halogens is 1. The van der Waals surface area contributed by atoms with E-state index in [-0.39, 0.29) is 0 Å². The third-order valence-corrected chi connectivity index (χ3v) is 3.32. The second-order valence-corrected chi connectivity index (χ2v) is 5.08. The van der Waals surface area contributed by atoms with Gasteiger partial charge in [-0.15, -0.1) is 21.5 Å². The largest absolute Gasteiger partial charge is 0.306 e. The highest BCUT2D eigenvalue weighted by atomic mass is 35.5. The van der Waals surface area contributed by atoms with Gasteiger partial charge in [0.25, 0.3) is 0 Å². The van der Waals surface area contributed by atoms with Crippen molar-refractivity contribution in [2.75, 3.05) is 0 Å². The Bertz CT molecular complexity index is 470. The minimum atomic E-state index is 0.733. The van der Waals surface area contributed by atoms with Crippen LogP contribution < -0.4 is 5.32 Å². The zero-order valence-electron chi connectivity index (χ0n) is 8.90. The van der Waals surface area contributed by atoms with E-state index < -0.39 is 0 Å². The molecule has 0 aliphatic heterocycles. The molecule has 0 unspecified atom stereocenters. The van der Waals surface area contributed by atoms with Gasteiger partial charge in [0.2, 0.25) is 0 Å². The second-order valence-electron chi connectivity index (χ2n) is 3.41. The van der Waals surface area contributed by atoms with E-state index >= 15 is 0 Å². The van der Waals surface area contributed by atoms with E-state index in [9.17, 15) is 0 Å². The standard InChI is InChI=1S/C11H12ClN3S/c1-8-14-15-11(16-8)7-13-6-9-4-2-3-5-10(9)12/h2-5,13H,6-7H2,1H3. The van der Waals surface area contributed by atoms with Crippen LogP contribution in [0.3, 0.4) is 0 Å². The Morgan fingerprint density at radius 1 is 1.25 bits per heavy atom. The molecule has 1 aromatic heterocycles. The summed E-state index contributed by atoms with van der Waals surface area (Å²) in [5.41, 5.74) is 1.10. The third kappa shape index (κ3) is 3.01. The summed E-state index contributed by atoms with van der Waals surface area (Å²) in [6, 6.07) is 7.83. The minimum Gasteiger partial charge on any atom is -0.306 e. The summed E-state index contributed by atoms with van der Waals surface area (Å²) in [6.07, 6.45) is 0. The van der Waals surface area contributed by atoms with Gasteiger partial charge >= 0.3 is 0 Å². The lowest BCUT2D eigenvalue weighted by molar-refractivity contribution is 0.684. The Morgan fingerprint density at radius 3 is 2.75 bits per heavy atom. The fourth-order valence-corrected chi connectivity index (χ4v) is 2.24. The van der Waals surface area contributed by atoms with Crippen LogP contribution in [0.2, 0.25) is 5.02 Å². The van der Waals surface area contributed by atoms with Crippen LogP contribution in [-0.2, 0) is 13.1 Å². The van der Waals surface area contributed by atoms with Crippen LogP contribution in [-0.4, -0.2) is 10.2 Å². The Labute approximate surface area is 103 Å². The van der Waals surface area contributed by atoms with Crippen LogP contribution in [0.15, 0.2) is 24.3 Å². The minimum absolute atomic E-state index is 0.733. The zero-order valence-corrected chi connectivity index (χ0v) is 10.5. The zero-order chi connectivity index (χ0) is 11.4. The van der Waals surface area contributed by atoms with Gasteiger partial charge in [-0.05, 0) is 18.6 Å². The van der Waals surface area contributed by atoms with Crippen LogP contribution in [0, 0.1) is 6.92 Å². The van der Waals surface area contributed by atoms with Crippen LogP contribution in [0.1, 0.15) is 15.6 Å². The fourth-order valence-electron chi connectivity index (χ4n) is 1.35. The van der Waals surface area contributed by atoms with Crippen molar-refractivity contribution < 1.29 is 0 Å². The Morgan fingerprint density at radius 2 is 2.06 bits per heavy atom. The summed E-state index contributed by atoms with van der Waals surface area (Å²) in [4.78, 5) is 0. The molecule has 0 atom stereocenters. The Balaban J connectivity index is 1.87. The smallest absolute Gasteiger partial charge is 0.131 e. The number of hydrogen-bond donors (Lipinski definition) is 1. The van der Waals surface area contributed by atoms with E-state index in [0.29, 0.717) is 0 Å². The van der Waals surface area contributed by atoms with E-state index in [1.165, 1.54) is 0 Å². The quantitative estimate of drug-likeness (QED) is 0.911. The average molecular weight is 254 g/mol. The predicted molar refractivity (Wildman–Crippen MR) is 66.6 cm³/mol. The van der Waals surface area contributed by atoms with E-state index in [1.54, 1.807) is 11.3 Å². The van der Waals surface area contributed by atoms with Gasteiger partial charge in [-0.25, -0.2) is 0 Å². The monoisotopic (exact) mass is 253 g/mol. The summed E-state index contributed by atoms with van der Waals surface area (Å²) < 4.78 is 0. The molecule has 0 spiro atoms. The van der Waals surface area contributed by atoms with E-state index in [2.05, 4.69) is 15.5 Å². The number of aromatic nitrogens is 2. The van der Waals surface area contributed by atoms with Crippen molar-refractivity contribution in [1.82, 2.24) is 15.5 Å². The molecule has 0 aliphatic carbocycles. The lowest BCUT2D eigenvalue weighted by Gasteiger charge is -2.04. The molecule has 0 saturated heterocycles. The van der Waals surface area contributed by atoms with Gasteiger partial charge in [0, 0.05) is 18.1 Å². The molecule has 0 aliphatic rings. The predicted octanol–water partition coefficient (Wildman–Crippen LogP) is 2.79. The number of aryl methyl sites for hydroxylation is 1. The number of rotatable bonds is 4. The van der Waals surface area contributed by atoms with Gasteiger partial charge in [-0.2, -0.15) is 0 Å². The van der Waals surface area contributed by atoms with E-state index in [1.807, 2.05) is 31.2 Å². The molecule has 16 heavy (non-hydrogen) atoms. The van der Waals surface area contributed by atoms with Crippen LogP contribution in [0.25, 0.3) is 0 Å². The maximum atomic E-state index is 6.04. The van der Waals surface area contributed by atoms with Gasteiger partial charge in [-0.3, -0.25) is 0 Å². The summed E-state index contributed by atoms with van der Waals surface area (Å²) in [6.45, 7) is 3.43. The molecule has 2 rings (SSSR count). The fraction of sp³-hybridized carbons (Fsp3) is 0.273. The number of nitrogens with zero attached hydrogens (tertiary/aromatic N) is 2. The molecule has 84 valence electrons. The van der Waals surface area contributed by atoms with E-state index in [0.717, 1.165) is 33.7 Å². The summed E-state index contributed by atoms with van der Waals surface area (Å²) >= 11 is 7.65. The Hall–Kier alpha value is -0.970. The van der Waals surface area contributed by atoms with Gasteiger partial charge in [0.1, 0.15) is 10.0 Å². The first-order valence-corrected chi connectivity index (χ1v) is 6.18. The van der Waals surface area contributed by atoms with Crippen molar-refractivity contribution in [3.05, 3.63) is 44.9 Å². The van der Waals surface area contributed by atoms with Crippen molar-refractivity contribution >= 4 is 22.9 Å². The molecule has 1 aromatic carbocycles. The van der Waals surface area contributed by atoms with Crippen molar-refractivity contribution in [2.45, 2.75) is 20.0 Å². The van der Waals surface area contributed by atoms with Gasteiger partial charge in [0.15, 0.2) is 0 Å². The lowest BCUT2D eigenvalue weighted by Crippen LogP contribution is -2.12. The van der Waals surface area contributed by atoms with Crippen molar-refractivity contribution in [2.24, 2.45) is 0 Å². The molecule has 0 radical (unpaired) electrons. The van der Waals surface area contributed by atoms with Gasteiger partial charge in [-0.1, -0.05) is 29.8 Å². The maximum absolute atomic E-state index is 6.04. The van der Waals surface area contributed by atoms with Crippen LogP contribution in [0.5, 0.6) is 0 Å². The van der Waals surface area contributed by atoms with Crippen molar-refractivity contribution in [3.63, 3.8) is 0 Å². The van der Waals surface area contributed by atoms with Gasteiger partial charge in [0.05, 0.1) is 0 Å². The first kappa shape index (κ1) is 11.5. The van der Waals surface area contributed by atoms with Crippen LogP contribution in [0.4, 0.5) is 0 Å². The van der Waals surface area contributed by atoms with E-state index in [4.69, 9.17) is 11.6 Å². The van der Waals surface area contributed by atoms with Gasteiger partial charge < -0.3 is 5.32 Å². The number of nitrogens with one attached hydrogen (secondary N) is 1.